The van der Waals surface area contributed by atoms with Crippen LogP contribution in [0.3, 0.4) is 0 Å². The van der Waals surface area contributed by atoms with Crippen molar-refractivity contribution in [3.63, 3.8) is 0 Å². The van der Waals surface area contributed by atoms with Crippen molar-refractivity contribution < 1.29 is 9.18 Å². The molecule has 2 N–H and O–H groups in total. The summed E-state index contributed by atoms with van der Waals surface area (Å²) in [6.45, 7) is 6.11. The zero-order valence-corrected chi connectivity index (χ0v) is 13.3. The summed E-state index contributed by atoms with van der Waals surface area (Å²) in [6.07, 6.45) is 2.62. The van der Waals surface area contributed by atoms with E-state index in [1.54, 1.807) is 0 Å². The van der Waals surface area contributed by atoms with Crippen LogP contribution in [0.2, 0.25) is 0 Å². The summed E-state index contributed by atoms with van der Waals surface area (Å²) in [7, 11) is 0. The number of rotatable bonds is 5. The first-order valence-electron chi connectivity index (χ1n) is 8.11. The molecule has 1 amide bonds. The summed E-state index contributed by atoms with van der Waals surface area (Å²) < 4.78 is 12.9. The Kier molecular flexibility index (Phi) is 6.34. The van der Waals surface area contributed by atoms with Gasteiger partial charge in [-0.3, -0.25) is 9.69 Å². The minimum absolute atomic E-state index is 0.0745. The molecule has 0 spiro atoms. The van der Waals surface area contributed by atoms with E-state index in [0.717, 1.165) is 57.5 Å². The molecule has 1 unspecified atom stereocenters. The van der Waals surface area contributed by atoms with Gasteiger partial charge in [-0.2, -0.15) is 0 Å². The summed E-state index contributed by atoms with van der Waals surface area (Å²) in [6, 6.07) is 6.26. The molecule has 1 atom stereocenters. The number of carbonyl (C=O) groups excluding carboxylic acids is 1. The summed E-state index contributed by atoms with van der Waals surface area (Å²) in [5.74, 6) is -0.133. The van der Waals surface area contributed by atoms with Crippen LogP contribution in [0, 0.1) is 5.82 Å². The molecule has 0 radical (unpaired) electrons. The molecule has 1 aliphatic heterocycles. The molecule has 1 heterocycles. The van der Waals surface area contributed by atoms with Crippen LogP contribution in [0.15, 0.2) is 24.3 Å². The summed E-state index contributed by atoms with van der Waals surface area (Å²) in [4.78, 5) is 16.5. The molecule has 1 aromatic rings. The molecule has 1 aromatic carbocycles. The third-order valence-electron chi connectivity index (χ3n) is 4.14. The average Bonchev–Trinajstić information content (AvgIpc) is 2.75. The van der Waals surface area contributed by atoms with E-state index in [0.29, 0.717) is 0 Å². The van der Waals surface area contributed by atoms with Crippen molar-refractivity contribution in [2.24, 2.45) is 5.73 Å². The smallest absolute Gasteiger partial charge is 0.239 e. The highest BCUT2D eigenvalue weighted by molar-refractivity contribution is 5.81. The second-order valence-corrected chi connectivity index (χ2v) is 5.98. The third kappa shape index (κ3) is 4.78. The van der Waals surface area contributed by atoms with Crippen LogP contribution in [0.5, 0.6) is 0 Å². The van der Waals surface area contributed by atoms with E-state index in [1.807, 2.05) is 24.0 Å². The maximum Gasteiger partial charge on any atom is 0.239 e. The highest BCUT2D eigenvalue weighted by Gasteiger charge is 2.23. The van der Waals surface area contributed by atoms with E-state index < -0.39 is 0 Å². The average molecular weight is 307 g/mol. The minimum atomic E-state index is -0.367. The van der Waals surface area contributed by atoms with Gasteiger partial charge in [0, 0.05) is 32.7 Å². The Balaban J connectivity index is 1.86. The van der Waals surface area contributed by atoms with Crippen LogP contribution >= 0.6 is 0 Å². The Morgan fingerprint density at radius 3 is 2.64 bits per heavy atom. The number of amides is 1. The lowest BCUT2D eigenvalue weighted by Gasteiger charge is -2.24. The molecule has 0 aliphatic carbocycles. The van der Waals surface area contributed by atoms with Crippen LogP contribution in [0.1, 0.15) is 31.7 Å². The lowest BCUT2D eigenvalue weighted by molar-refractivity contribution is -0.132. The van der Waals surface area contributed by atoms with E-state index >= 15 is 0 Å². The van der Waals surface area contributed by atoms with Gasteiger partial charge in [0.05, 0.1) is 6.04 Å². The molecule has 5 heteroatoms. The standard InChI is InChI=1S/C17H26FN3O/c1-2-4-16(19)17(22)21-10-3-9-20(11-12-21)13-14-5-7-15(18)8-6-14/h5-8,16H,2-4,9-13,19H2,1H3. The van der Waals surface area contributed by atoms with E-state index in [2.05, 4.69) is 4.90 Å². The molecule has 1 fully saturated rings. The molecule has 0 bridgehead atoms. The SMILES string of the molecule is CCCC(N)C(=O)N1CCCN(Cc2ccc(F)cc2)CC1. The normalized spacial score (nSPS) is 18.0. The number of halogens is 1. The fourth-order valence-corrected chi connectivity index (χ4v) is 2.87. The first kappa shape index (κ1) is 16.9. The Labute approximate surface area is 132 Å². The second kappa shape index (κ2) is 8.25. The van der Waals surface area contributed by atoms with Gasteiger partial charge in [0.1, 0.15) is 5.82 Å². The van der Waals surface area contributed by atoms with Crippen molar-refractivity contribution in [1.29, 1.82) is 0 Å². The fourth-order valence-electron chi connectivity index (χ4n) is 2.87. The van der Waals surface area contributed by atoms with Crippen molar-refractivity contribution in [3.05, 3.63) is 35.6 Å². The lowest BCUT2D eigenvalue weighted by Crippen LogP contribution is -2.45. The van der Waals surface area contributed by atoms with Crippen LogP contribution in [0.25, 0.3) is 0 Å². The number of nitrogens with two attached hydrogens (primary N) is 1. The molecule has 22 heavy (non-hydrogen) atoms. The monoisotopic (exact) mass is 307 g/mol. The van der Waals surface area contributed by atoms with Gasteiger partial charge in [0.2, 0.25) is 5.91 Å². The highest BCUT2D eigenvalue weighted by atomic mass is 19.1. The maximum atomic E-state index is 12.9. The van der Waals surface area contributed by atoms with Crippen LogP contribution < -0.4 is 5.73 Å². The molecule has 1 saturated heterocycles. The lowest BCUT2D eigenvalue weighted by atomic mass is 10.1. The number of hydrogen-bond acceptors (Lipinski definition) is 3. The summed E-state index contributed by atoms with van der Waals surface area (Å²) >= 11 is 0. The third-order valence-corrected chi connectivity index (χ3v) is 4.14. The predicted molar refractivity (Wildman–Crippen MR) is 85.8 cm³/mol. The minimum Gasteiger partial charge on any atom is -0.340 e. The Morgan fingerprint density at radius 1 is 1.23 bits per heavy atom. The maximum absolute atomic E-state index is 12.9. The number of nitrogens with zero attached hydrogens (tertiary/aromatic N) is 2. The quantitative estimate of drug-likeness (QED) is 0.905. The van der Waals surface area contributed by atoms with Crippen LogP contribution in [-0.4, -0.2) is 47.9 Å². The molecule has 1 aliphatic rings. The molecular formula is C17H26FN3O. The molecule has 2 rings (SSSR count). The second-order valence-electron chi connectivity index (χ2n) is 5.98. The van der Waals surface area contributed by atoms with E-state index in [-0.39, 0.29) is 17.8 Å². The van der Waals surface area contributed by atoms with Crippen molar-refractivity contribution in [3.8, 4) is 0 Å². The van der Waals surface area contributed by atoms with Gasteiger partial charge in [0.25, 0.3) is 0 Å². The zero-order valence-electron chi connectivity index (χ0n) is 13.3. The van der Waals surface area contributed by atoms with Gasteiger partial charge >= 0.3 is 0 Å². The van der Waals surface area contributed by atoms with Gasteiger partial charge in [-0.05, 0) is 30.5 Å². The van der Waals surface area contributed by atoms with Crippen molar-refractivity contribution in [2.75, 3.05) is 26.2 Å². The zero-order chi connectivity index (χ0) is 15.9. The largest absolute Gasteiger partial charge is 0.340 e. The van der Waals surface area contributed by atoms with Crippen LogP contribution in [0.4, 0.5) is 4.39 Å². The van der Waals surface area contributed by atoms with Gasteiger partial charge in [0.15, 0.2) is 0 Å². The topological polar surface area (TPSA) is 49.6 Å². The Bertz CT molecular complexity index is 477. The number of benzene rings is 1. The van der Waals surface area contributed by atoms with E-state index in [4.69, 9.17) is 5.73 Å². The van der Waals surface area contributed by atoms with Crippen molar-refractivity contribution >= 4 is 5.91 Å². The molecule has 0 saturated carbocycles. The Hall–Kier alpha value is -1.46. The molecular weight excluding hydrogens is 281 g/mol. The Morgan fingerprint density at radius 2 is 1.95 bits per heavy atom. The molecule has 122 valence electrons. The number of hydrogen-bond donors (Lipinski definition) is 1. The molecule has 4 nitrogen and oxygen atoms in total. The fraction of sp³-hybridized carbons (Fsp3) is 0.588. The summed E-state index contributed by atoms with van der Waals surface area (Å²) in [5.41, 5.74) is 7.04. The van der Waals surface area contributed by atoms with Gasteiger partial charge in [-0.1, -0.05) is 25.5 Å². The van der Waals surface area contributed by atoms with Crippen LogP contribution in [-0.2, 0) is 11.3 Å². The van der Waals surface area contributed by atoms with E-state index in [1.165, 1.54) is 12.1 Å². The van der Waals surface area contributed by atoms with Gasteiger partial charge < -0.3 is 10.6 Å². The first-order valence-corrected chi connectivity index (χ1v) is 8.11. The predicted octanol–water partition coefficient (Wildman–Crippen LogP) is 1.99. The van der Waals surface area contributed by atoms with Crippen molar-refractivity contribution in [1.82, 2.24) is 9.80 Å². The van der Waals surface area contributed by atoms with E-state index in [9.17, 15) is 9.18 Å². The van der Waals surface area contributed by atoms with Crippen molar-refractivity contribution in [2.45, 2.75) is 38.8 Å². The summed E-state index contributed by atoms with van der Waals surface area (Å²) in [5, 5.41) is 0. The number of carbonyl (C=O) groups is 1. The molecule has 0 aromatic heterocycles. The highest BCUT2D eigenvalue weighted by Crippen LogP contribution is 2.11. The first-order chi connectivity index (χ1) is 10.6. The van der Waals surface area contributed by atoms with Gasteiger partial charge in [-0.15, -0.1) is 0 Å². The van der Waals surface area contributed by atoms with Gasteiger partial charge in [-0.25, -0.2) is 4.39 Å².